The fourth-order valence-electron chi connectivity index (χ4n) is 2.38. The zero-order valence-corrected chi connectivity index (χ0v) is 12.7. The maximum absolute atomic E-state index is 4.77. The zero-order chi connectivity index (χ0) is 13.6. The van der Waals surface area contributed by atoms with Gasteiger partial charge in [-0.3, -0.25) is 0 Å². The van der Waals surface area contributed by atoms with Gasteiger partial charge in [0.1, 0.15) is 0 Å². The SMILES string of the molecule is Cl.c1ccc(N=C(Nc2ccccc2)N2CCCC2)cc1. The smallest absolute Gasteiger partial charge is 0.203 e. The van der Waals surface area contributed by atoms with E-state index in [0.29, 0.717) is 0 Å². The Labute approximate surface area is 132 Å². The Morgan fingerprint density at radius 3 is 2.05 bits per heavy atom. The van der Waals surface area contributed by atoms with Crippen LogP contribution in [0.2, 0.25) is 0 Å². The molecule has 0 aromatic heterocycles. The second-order valence-electron chi connectivity index (χ2n) is 4.96. The van der Waals surface area contributed by atoms with Gasteiger partial charge in [0.2, 0.25) is 5.96 Å². The molecule has 0 atom stereocenters. The van der Waals surface area contributed by atoms with Gasteiger partial charge in [-0.05, 0) is 37.1 Å². The monoisotopic (exact) mass is 301 g/mol. The molecular weight excluding hydrogens is 282 g/mol. The fraction of sp³-hybridized carbons (Fsp3) is 0.235. The number of nitrogens with zero attached hydrogens (tertiary/aromatic N) is 2. The molecule has 21 heavy (non-hydrogen) atoms. The average Bonchev–Trinajstić information content (AvgIpc) is 3.03. The van der Waals surface area contributed by atoms with Gasteiger partial charge in [0.05, 0.1) is 5.69 Å². The normalized spacial score (nSPS) is 14.7. The van der Waals surface area contributed by atoms with Crippen LogP contribution in [0.5, 0.6) is 0 Å². The quantitative estimate of drug-likeness (QED) is 0.661. The number of likely N-dealkylation sites (tertiary alicyclic amines) is 1. The minimum absolute atomic E-state index is 0. The molecule has 2 aromatic carbocycles. The van der Waals surface area contributed by atoms with Crippen molar-refractivity contribution in [3.05, 3.63) is 60.7 Å². The van der Waals surface area contributed by atoms with Crippen LogP contribution < -0.4 is 5.32 Å². The van der Waals surface area contributed by atoms with E-state index in [2.05, 4.69) is 22.3 Å². The molecule has 3 rings (SSSR count). The Balaban J connectivity index is 0.00000161. The molecule has 3 nitrogen and oxygen atoms in total. The Bertz CT molecular complexity index is 563. The highest BCUT2D eigenvalue weighted by Crippen LogP contribution is 2.16. The summed E-state index contributed by atoms with van der Waals surface area (Å²) in [7, 11) is 0. The maximum Gasteiger partial charge on any atom is 0.203 e. The van der Waals surface area contributed by atoms with E-state index < -0.39 is 0 Å². The largest absolute Gasteiger partial charge is 0.342 e. The number of hydrogen-bond donors (Lipinski definition) is 1. The van der Waals surface area contributed by atoms with Crippen molar-refractivity contribution in [3.63, 3.8) is 0 Å². The van der Waals surface area contributed by atoms with Crippen molar-refractivity contribution < 1.29 is 0 Å². The maximum atomic E-state index is 4.77. The number of aliphatic imine (C=N–C) groups is 1. The van der Waals surface area contributed by atoms with E-state index in [1.54, 1.807) is 0 Å². The molecule has 2 aromatic rings. The zero-order valence-electron chi connectivity index (χ0n) is 11.9. The summed E-state index contributed by atoms with van der Waals surface area (Å²) in [5.41, 5.74) is 2.06. The third kappa shape index (κ3) is 4.23. The molecule has 0 amide bonds. The lowest BCUT2D eigenvalue weighted by Gasteiger charge is -2.21. The lowest BCUT2D eigenvalue weighted by Crippen LogP contribution is -2.33. The molecule has 0 unspecified atom stereocenters. The van der Waals surface area contributed by atoms with E-state index in [0.717, 1.165) is 30.4 Å². The van der Waals surface area contributed by atoms with Crippen LogP contribution in [0.25, 0.3) is 0 Å². The molecule has 1 aliphatic heterocycles. The minimum atomic E-state index is 0. The molecule has 1 fully saturated rings. The molecular formula is C17H20ClN3. The van der Waals surface area contributed by atoms with Gasteiger partial charge in [0, 0.05) is 18.8 Å². The standard InChI is InChI=1S/C17H19N3.ClH/c1-3-9-15(10-4-1)18-17(20-13-7-8-14-20)19-16-11-5-2-6-12-16;/h1-6,9-12H,7-8,13-14H2,(H,18,19);1H. The van der Waals surface area contributed by atoms with Crippen molar-refractivity contribution in [1.82, 2.24) is 4.90 Å². The number of nitrogens with one attached hydrogen (secondary N) is 1. The van der Waals surface area contributed by atoms with Crippen LogP contribution >= 0.6 is 12.4 Å². The summed E-state index contributed by atoms with van der Waals surface area (Å²) in [5, 5.41) is 3.45. The first-order valence-electron chi connectivity index (χ1n) is 7.12. The van der Waals surface area contributed by atoms with Gasteiger partial charge in [-0.2, -0.15) is 0 Å². The van der Waals surface area contributed by atoms with E-state index in [-0.39, 0.29) is 12.4 Å². The van der Waals surface area contributed by atoms with Gasteiger partial charge < -0.3 is 10.2 Å². The number of anilines is 1. The number of hydrogen-bond acceptors (Lipinski definition) is 1. The average molecular weight is 302 g/mol. The molecule has 0 bridgehead atoms. The van der Waals surface area contributed by atoms with Gasteiger partial charge in [-0.25, -0.2) is 4.99 Å². The van der Waals surface area contributed by atoms with E-state index in [4.69, 9.17) is 4.99 Å². The Morgan fingerprint density at radius 1 is 0.857 bits per heavy atom. The highest BCUT2D eigenvalue weighted by Gasteiger charge is 2.16. The van der Waals surface area contributed by atoms with E-state index in [9.17, 15) is 0 Å². The Hall–Kier alpha value is -2.00. The first kappa shape index (κ1) is 15.4. The lowest BCUT2D eigenvalue weighted by atomic mass is 10.3. The van der Waals surface area contributed by atoms with Crippen LogP contribution in [0.15, 0.2) is 65.7 Å². The molecule has 0 spiro atoms. The number of para-hydroxylation sites is 2. The fourth-order valence-corrected chi connectivity index (χ4v) is 2.38. The molecule has 1 aliphatic rings. The first-order chi connectivity index (χ1) is 9.92. The van der Waals surface area contributed by atoms with Crippen molar-refractivity contribution in [2.45, 2.75) is 12.8 Å². The second-order valence-corrected chi connectivity index (χ2v) is 4.96. The van der Waals surface area contributed by atoms with Gasteiger partial charge in [0.25, 0.3) is 0 Å². The predicted molar refractivity (Wildman–Crippen MR) is 91.7 cm³/mol. The van der Waals surface area contributed by atoms with Crippen molar-refractivity contribution >= 4 is 29.7 Å². The summed E-state index contributed by atoms with van der Waals surface area (Å²) < 4.78 is 0. The van der Waals surface area contributed by atoms with E-state index in [1.807, 2.05) is 48.5 Å². The summed E-state index contributed by atoms with van der Waals surface area (Å²) >= 11 is 0. The summed E-state index contributed by atoms with van der Waals surface area (Å²) in [5.74, 6) is 0.944. The highest BCUT2D eigenvalue weighted by molar-refractivity contribution is 5.95. The molecule has 0 aliphatic carbocycles. The van der Waals surface area contributed by atoms with Crippen molar-refractivity contribution in [2.75, 3.05) is 18.4 Å². The third-order valence-electron chi connectivity index (χ3n) is 3.43. The molecule has 1 saturated heterocycles. The first-order valence-corrected chi connectivity index (χ1v) is 7.12. The van der Waals surface area contributed by atoms with Crippen LogP contribution in [0, 0.1) is 0 Å². The predicted octanol–water partition coefficient (Wildman–Crippen LogP) is 4.30. The summed E-state index contributed by atoms with van der Waals surface area (Å²) in [6.07, 6.45) is 2.48. The van der Waals surface area contributed by atoms with Crippen LogP contribution in [0.4, 0.5) is 11.4 Å². The molecule has 1 N–H and O–H groups in total. The second kappa shape index (κ2) is 7.70. The number of rotatable bonds is 2. The van der Waals surface area contributed by atoms with Gasteiger partial charge in [-0.15, -0.1) is 12.4 Å². The molecule has 4 heteroatoms. The van der Waals surface area contributed by atoms with Gasteiger partial charge >= 0.3 is 0 Å². The van der Waals surface area contributed by atoms with Crippen molar-refractivity contribution in [1.29, 1.82) is 0 Å². The van der Waals surface area contributed by atoms with Crippen LogP contribution in [-0.4, -0.2) is 23.9 Å². The molecule has 1 heterocycles. The van der Waals surface area contributed by atoms with Crippen LogP contribution in [-0.2, 0) is 0 Å². The molecule has 0 radical (unpaired) electrons. The minimum Gasteiger partial charge on any atom is -0.342 e. The van der Waals surface area contributed by atoms with E-state index in [1.165, 1.54) is 12.8 Å². The number of benzene rings is 2. The highest BCUT2D eigenvalue weighted by atomic mass is 35.5. The Kier molecular flexibility index (Phi) is 5.64. The number of halogens is 1. The molecule has 0 saturated carbocycles. The van der Waals surface area contributed by atoms with Crippen LogP contribution in [0.1, 0.15) is 12.8 Å². The lowest BCUT2D eigenvalue weighted by molar-refractivity contribution is 0.518. The third-order valence-corrected chi connectivity index (χ3v) is 3.43. The topological polar surface area (TPSA) is 27.6 Å². The molecule has 110 valence electrons. The van der Waals surface area contributed by atoms with E-state index >= 15 is 0 Å². The Morgan fingerprint density at radius 2 is 1.43 bits per heavy atom. The van der Waals surface area contributed by atoms with Crippen LogP contribution in [0.3, 0.4) is 0 Å². The summed E-state index contributed by atoms with van der Waals surface area (Å²) in [6, 6.07) is 20.3. The van der Waals surface area contributed by atoms with Gasteiger partial charge in [-0.1, -0.05) is 36.4 Å². The van der Waals surface area contributed by atoms with Crippen molar-refractivity contribution in [3.8, 4) is 0 Å². The number of guanidine groups is 1. The van der Waals surface area contributed by atoms with Crippen molar-refractivity contribution in [2.24, 2.45) is 4.99 Å². The summed E-state index contributed by atoms with van der Waals surface area (Å²) in [4.78, 5) is 7.09. The summed E-state index contributed by atoms with van der Waals surface area (Å²) in [6.45, 7) is 2.15. The van der Waals surface area contributed by atoms with Gasteiger partial charge in [0.15, 0.2) is 0 Å².